The van der Waals surface area contributed by atoms with Crippen molar-refractivity contribution < 1.29 is 64.4 Å². The molecule has 0 saturated heterocycles. The zero-order chi connectivity index (χ0) is 21.5. The normalized spacial score (nSPS) is 12.1. The Labute approximate surface area is 155 Å². The number of rotatable bonds is 15. The fourth-order valence-corrected chi connectivity index (χ4v) is 1.31. The Morgan fingerprint density at radius 1 is 0.464 bits per heavy atom. The van der Waals surface area contributed by atoms with E-state index in [0.717, 1.165) is 0 Å². The van der Waals surface area contributed by atoms with E-state index in [-0.39, 0.29) is 52.9 Å². The van der Waals surface area contributed by atoms with E-state index in [0.29, 0.717) is 0 Å². The molecular weight excluding hydrogens is 410 g/mol. The fraction of sp³-hybridized carbons (Fsp3) is 0.857. The van der Waals surface area contributed by atoms with Crippen LogP contribution in [0.25, 0.3) is 0 Å². The van der Waals surface area contributed by atoms with E-state index in [1.807, 2.05) is 0 Å². The predicted molar refractivity (Wildman–Crippen MR) is 77.3 cm³/mol. The topological polar surface area (TPSA) is 89.5 Å². The third-order valence-corrected chi connectivity index (χ3v) is 2.50. The first-order chi connectivity index (χ1) is 13.0. The van der Waals surface area contributed by atoms with Crippen LogP contribution in [0.3, 0.4) is 0 Å². The molecule has 0 aromatic carbocycles. The number of carbonyl (C=O) groups is 2. The Bertz CT molecular complexity index is 401. The second-order valence-electron chi connectivity index (χ2n) is 4.72. The molecule has 0 heterocycles. The molecule has 0 aromatic rings. The molecule has 0 aliphatic heterocycles. The molecule has 0 rings (SSSR count). The third kappa shape index (κ3) is 15.4. The van der Waals surface area contributed by atoms with Crippen LogP contribution in [0.15, 0.2) is 0 Å². The minimum Gasteiger partial charge on any atom is -0.457 e. The molecule has 8 nitrogen and oxygen atoms in total. The van der Waals surface area contributed by atoms with Gasteiger partial charge < -0.3 is 28.4 Å². The van der Waals surface area contributed by atoms with Crippen LogP contribution in [0.1, 0.15) is 0 Å². The van der Waals surface area contributed by atoms with Crippen LogP contribution < -0.4 is 0 Å². The molecular formula is C14H20F6O8. The molecule has 0 unspecified atom stereocenters. The van der Waals surface area contributed by atoms with Crippen LogP contribution in [0.4, 0.5) is 26.3 Å². The van der Waals surface area contributed by atoms with E-state index in [2.05, 4.69) is 9.47 Å². The largest absolute Gasteiger partial charge is 0.490 e. The number of halogens is 6. The summed E-state index contributed by atoms with van der Waals surface area (Å²) in [6.07, 6.45) is -10.1. The maximum absolute atomic E-state index is 11.8. The molecule has 0 spiro atoms. The zero-order valence-electron chi connectivity index (χ0n) is 14.6. The van der Waals surface area contributed by atoms with Crippen molar-refractivity contribution in [1.29, 1.82) is 0 Å². The average Bonchev–Trinajstić information content (AvgIpc) is 2.59. The second kappa shape index (κ2) is 14.4. The number of hydrogen-bond acceptors (Lipinski definition) is 8. The Morgan fingerprint density at radius 3 is 0.893 bits per heavy atom. The molecule has 0 aliphatic carbocycles. The third-order valence-electron chi connectivity index (χ3n) is 2.50. The smallest absolute Gasteiger partial charge is 0.457 e. The predicted octanol–water partition coefficient (Wildman–Crippen LogP) is 1.26. The quantitative estimate of drug-likeness (QED) is 0.218. The van der Waals surface area contributed by atoms with Gasteiger partial charge in [-0.2, -0.15) is 26.3 Å². The monoisotopic (exact) mass is 430 g/mol. The van der Waals surface area contributed by atoms with Crippen LogP contribution in [-0.2, 0) is 38.0 Å². The Hall–Kier alpha value is -1.64. The van der Waals surface area contributed by atoms with Crippen molar-refractivity contribution in [2.24, 2.45) is 0 Å². The second-order valence-corrected chi connectivity index (χ2v) is 4.72. The summed E-state index contributed by atoms with van der Waals surface area (Å²) >= 11 is 0. The lowest BCUT2D eigenvalue weighted by atomic mass is 10.6. The standard InChI is InChI=1S/C14H20F6O8/c15-13(16,17)11(21)27-9-7-25-5-3-23-1-2-24-4-6-26-8-10-28-12(22)14(18,19)20/h1-10H2. The SMILES string of the molecule is O=C(OCCOCCOCCOCCOCCOC(=O)C(F)(F)F)C(F)(F)F. The molecule has 0 aliphatic rings. The van der Waals surface area contributed by atoms with Crippen molar-refractivity contribution in [1.82, 2.24) is 0 Å². The summed E-state index contributed by atoms with van der Waals surface area (Å²) in [5, 5.41) is 0. The first-order valence-corrected chi connectivity index (χ1v) is 7.84. The van der Waals surface area contributed by atoms with Crippen molar-refractivity contribution in [2.45, 2.75) is 12.4 Å². The van der Waals surface area contributed by atoms with E-state index in [9.17, 15) is 35.9 Å². The van der Waals surface area contributed by atoms with Gasteiger partial charge in [0.2, 0.25) is 0 Å². The summed E-state index contributed by atoms with van der Waals surface area (Å²) in [5.41, 5.74) is 0. The van der Waals surface area contributed by atoms with E-state index in [4.69, 9.17) is 18.9 Å². The molecule has 0 radical (unpaired) electrons. The molecule has 14 heteroatoms. The zero-order valence-corrected chi connectivity index (χ0v) is 14.6. The lowest BCUT2D eigenvalue weighted by Gasteiger charge is -2.09. The van der Waals surface area contributed by atoms with Gasteiger partial charge in [0, 0.05) is 0 Å². The lowest BCUT2D eigenvalue weighted by Crippen LogP contribution is -2.27. The first kappa shape index (κ1) is 26.4. The molecule has 28 heavy (non-hydrogen) atoms. The Kier molecular flexibility index (Phi) is 13.5. The Morgan fingerprint density at radius 2 is 0.679 bits per heavy atom. The molecule has 0 amide bonds. The van der Waals surface area contributed by atoms with Gasteiger partial charge in [-0.15, -0.1) is 0 Å². The van der Waals surface area contributed by atoms with E-state index in [1.54, 1.807) is 0 Å². The molecule has 0 atom stereocenters. The van der Waals surface area contributed by atoms with Crippen molar-refractivity contribution in [3.8, 4) is 0 Å². The maximum Gasteiger partial charge on any atom is 0.490 e. The number of carbonyl (C=O) groups excluding carboxylic acids is 2. The van der Waals surface area contributed by atoms with Crippen LogP contribution in [0.2, 0.25) is 0 Å². The van der Waals surface area contributed by atoms with Gasteiger partial charge in [0.05, 0.1) is 52.9 Å². The van der Waals surface area contributed by atoms with Gasteiger partial charge >= 0.3 is 24.3 Å². The van der Waals surface area contributed by atoms with Gasteiger partial charge in [0.25, 0.3) is 0 Å². The van der Waals surface area contributed by atoms with Crippen molar-refractivity contribution in [2.75, 3.05) is 66.1 Å². The fourth-order valence-electron chi connectivity index (χ4n) is 1.31. The van der Waals surface area contributed by atoms with Crippen LogP contribution in [0, 0.1) is 0 Å². The molecule has 0 bridgehead atoms. The molecule has 166 valence electrons. The highest BCUT2D eigenvalue weighted by Crippen LogP contribution is 2.16. The minimum absolute atomic E-state index is 0.0727. The number of alkyl halides is 6. The van der Waals surface area contributed by atoms with Crippen LogP contribution >= 0.6 is 0 Å². The summed E-state index contributed by atoms with van der Waals surface area (Å²) in [4.78, 5) is 20.7. The van der Waals surface area contributed by atoms with Crippen LogP contribution in [0.5, 0.6) is 0 Å². The average molecular weight is 430 g/mol. The summed E-state index contributed by atoms with van der Waals surface area (Å²) < 4.78 is 98.4. The van der Waals surface area contributed by atoms with Gasteiger partial charge in [-0.3, -0.25) is 0 Å². The molecule has 0 saturated carbocycles. The van der Waals surface area contributed by atoms with Gasteiger partial charge in [-0.25, -0.2) is 9.59 Å². The summed E-state index contributed by atoms with van der Waals surface area (Å²) in [7, 11) is 0. The van der Waals surface area contributed by atoms with Gasteiger partial charge in [-0.05, 0) is 0 Å². The van der Waals surface area contributed by atoms with E-state index in [1.165, 1.54) is 0 Å². The molecule has 0 aromatic heterocycles. The summed E-state index contributed by atoms with van der Waals surface area (Å²) in [6.45, 7) is -0.685. The van der Waals surface area contributed by atoms with E-state index < -0.39 is 37.5 Å². The van der Waals surface area contributed by atoms with Gasteiger partial charge in [-0.1, -0.05) is 0 Å². The highest BCUT2D eigenvalue weighted by molar-refractivity contribution is 5.75. The lowest BCUT2D eigenvalue weighted by molar-refractivity contribution is -0.201. The minimum atomic E-state index is -5.03. The number of ether oxygens (including phenoxy) is 6. The highest BCUT2D eigenvalue weighted by atomic mass is 19.4. The Balaban J connectivity index is 3.24. The summed E-state index contributed by atoms with van der Waals surface area (Å²) in [6, 6.07) is 0. The van der Waals surface area contributed by atoms with Crippen LogP contribution in [-0.4, -0.2) is 90.4 Å². The van der Waals surface area contributed by atoms with Gasteiger partial charge in [0.1, 0.15) is 13.2 Å². The van der Waals surface area contributed by atoms with Gasteiger partial charge in [0.15, 0.2) is 0 Å². The molecule has 0 fully saturated rings. The van der Waals surface area contributed by atoms with E-state index >= 15 is 0 Å². The number of hydrogen-bond donors (Lipinski definition) is 0. The molecule has 0 N–H and O–H groups in total. The van der Waals surface area contributed by atoms with Crippen molar-refractivity contribution in [3.05, 3.63) is 0 Å². The highest BCUT2D eigenvalue weighted by Gasteiger charge is 2.41. The first-order valence-electron chi connectivity index (χ1n) is 7.84. The van der Waals surface area contributed by atoms with Crippen molar-refractivity contribution >= 4 is 11.9 Å². The number of esters is 2. The summed E-state index contributed by atoms with van der Waals surface area (Å²) in [5.74, 6) is -4.56. The maximum atomic E-state index is 11.8. The van der Waals surface area contributed by atoms with Crippen molar-refractivity contribution in [3.63, 3.8) is 0 Å².